The normalized spacial score (nSPS) is 20.6. The van der Waals surface area contributed by atoms with Gasteiger partial charge in [0.05, 0.1) is 6.54 Å². The molecule has 0 aromatic heterocycles. The molecule has 0 spiro atoms. The van der Waals surface area contributed by atoms with Crippen LogP contribution >= 0.6 is 0 Å². The van der Waals surface area contributed by atoms with Gasteiger partial charge in [0.25, 0.3) is 0 Å². The molecule has 2 aromatic carbocycles. The summed E-state index contributed by atoms with van der Waals surface area (Å²) in [5, 5.41) is 16.3. The molecule has 1 aliphatic heterocycles. The Labute approximate surface area is 162 Å². The van der Waals surface area contributed by atoms with Crippen molar-refractivity contribution < 1.29 is 5.11 Å². The maximum absolute atomic E-state index is 9.40. The SMILES string of the molecule is CCNC(=NCc1ccc(O)cc1)NC1CC(C)N(Cc2ccccc2)C1. The molecule has 144 valence electrons. The molecule has 0 radical (unpaired) electrons. The molecule has 0 aliphatic carbocycles. The molecule has 0 amide bonds. The molecule has 5 heteroatoms. The van der Waals surface area contributed by atoms with Gasteiger partial charge in [0.15, 0.2) is 5.96 Å². The van der Waals surface area contributed by atoms with Gasteiger partial charge >= 0.3 is 0 Å². The second kappa shape index (κ2) is 9.42. The van der Waals surface area contributed by atoms with Gasteiger partial charge in [-0.2, -0.15) is 0 Å². The van der Waals surface area contributed by atoms with E-state index in [1.807, 2.05) is 12.1 Å². The van der Waals surface area contributed by atoms with Crippen LogP contribution in [0.4, 0.5) is 0 Å². The molecule has 27 heavy (non-hydrogen) atoms. The quantitative estimate of drug-likeness (QED) is 0.543. The lowest BCUT2D eigenvalue weighted by Gasteiger charge is -2.21. The largest absolute Gasteiger partial charge is 0.508 e. The van der Waals surface area contributed by atoms with Crippen LogP contribution in [0.25, 0.3) is 0 Å². The average molecular weight is 367 g/mol. The fourth-order valence-corrected chi connectivity index (χ4v) is 3.53. The van der Waals surface area contributed by atoms with E-state index in [-0.39, 0.29) is 5.75 Å². The number of nitrogens with zero attached hydrogens (tertiary/aromatic N) is 2. The number of hydrogen-bond donors (Lipinski definition) is 3. The molecule has 1 saturated heterocycles. The fourth-order valence-electron chi connectivity index (χ4n) is 3.53. The Hall–Kier alpha value is -2.53. The fraction of sp³-hybridized carbons (Fsp3) is 0.409. The van der Waals surface area contributed by atoms with E-state index in [1.54, 1.807) is 12.1 Å². The number of aliphatic imine (C=N–C) groups is 1. The minimum Gasteiger partial charge on any atom is -0.508 e. The predicted molar refractivity (Wildman–Crippen MR) is 111 cm³/mol. The number of aromatic hydroxyl groups is 1. The summed E-state index contributed by atoms with van der Waals surface area (Å²) in [6, 6.07) is 18.8. The highest BCUT2D eigenvalue weighted by Gasteiger charge is 2.29. The Bertz CT molecular complexity index is 730. The maximum atomic E-state index is 9.40. The van der Waals surface area contributed by atoms with Crippen molar-refractivity contribution in [1.29, 1.82) is 0 Å². The zero-order valence-electron chi connectivity index (χ0n) is 16.2. The summed E-state index contributed by atoms with van der Waals surface area (Å²) < 4.78 is 0. The highest BCUT2D eigenvalue weighted by atomic mass is 16.3. The van der Waals surface area contributed by atoms with E-state index >= 15 is 0 Å². The molecular weight excluding hydrogens is 336 g/mol. The van der Waals surface area contributed by atoms with Gasteiger partial charge in [-0.15, -0.1) is 0 Å². The first-order valence-electron chi connectivity index (χ1n) is 9.74. The Kier molecular flexibility index (Phi) is 6.71. The monoisotopic (exact) mass is 366 g/mol. The minimum atomic E-state index is 0.284. The van der Waals surface area contributed by atoms with Crippen LogP contribution in [0.3, 0.4) is 0 Å². The number of benzene rings is 2. The third-order valence-corrected chi connectivity index (χ3v) is 4.97. The zero-order chi connectivity index (χ0) is 19.1. The highest BCUT2D eigenvalue weighted by Crippen LogP contribution is 2.20. The number of rotatable bonds is 6. The van der Waals surface area contributed by atoms with E-state index in [0.29, 0.717) is 18.6 Å². The highest BCUT2D eigenvalue weighted by molar-refractivity contribution is 5.80. The Morgan fingerprint density at radius 2 is 1.85 bits per heavy atom. The van der Waals surface area contributed by atoms with Crippen LogP contribution in [0.5, 0.6) is 5.75 Å². The zero-order valence-corrected chi connectivity index (χ0v) is 16.2. The summed E-state index contributed by atoms with van der Waals surface area (Å²) in [7, 11) is 0. The van der Waals surface area contributed by atoms with Crippen LogP contribution < -0.4 is 10.6 Å². The van der Waals surface area contributed by atoms with Crippen LogP contribution in [0.1, 0.15) is 31.4 Å². The molecule has 2 atom stereocenters. The van der Waals surface area contributed by atoms with Gasteiger partial charge in [0.1, 0.15) is 5.75 Å². The van der Waals surface area contributed by atoms with Crippen LogP contribution in [-0.2, 0) is 13.1 Å². The van der Waals surface area contributed by atoms with Gasteiger partial charge < -0.3 is 15.7 Å². The van der Waals surface area contributed by atoms with Crippen molar-refractivity contribution in [3.8, 4) is 5.75 Å². The number of likely N-dealkylation sites (tertiary alicyclic amines) is 1. The molecule has 5 nitrogen and oxygen atoms in total. The molecule has 0 bridgehead atoms. The second-order valence-corrected chi connectivity index (χ2v) is 7.20. The summed E-state index contributed by atoms with van der Waals surface area (Å²) >= 11 is 0. The molecule has 0 saturated carbocycles. The number of hydrogen-bond acceptors (Lipinski definition) is 3. The van der Waals surface area contributed by atoms with E-state index in [4.69, 9.17) is 4.99 Å². The maximum Gasteiger partial charge on any atom is 0.191 e. The van der Waals surface area contributed by atoms with Crippen molar-refractivity contribution in [1.82, 2.24) is 15.5 Å². The number of nitrogens with one attached hydrogen (secondary N) is 2. The van der Waals surface area contributed by atoms with Gasteiger partial charge in [-0.3, -0.25) is 4.90 Å². The van der Waals surface area contributed by atoms with E-state index in [9.17, 15) is 5.11 Å². The summed E-state index contributed by atoms with van der Waals surface area (Å²) in [6.07, 6.45) is 1.11. The van der Waals surface area contributed by atoms with Gasteiger partial charge in [-0.05, 0) is 43.5 Å². The Morgan fingerprint density at radius 3 is 2.56 bits per heavy atom. The molecule has 1 fully saturated rings. The first kappa shape index (κ1) is 19.2. The summed E-state index contributed by atoms with van der Waals surface area (Å²) in [5.41, 5.74) is 2.44. The van der Waals surface area contributed by atoms with Crippen molar-refractivity contribution >= 4 is 5.96 Å². The second-order valence-electron chi connectivity index (χ2n) is 7.20. The number of guanidine groups is 1. The van der Waals surface area contributed by atoms with Gasteiger partial charge in [-0.25, -0.2) is 4.99 Å². The van der Waals surface area contributed by atoms with Gasteiger partial charge in [-0.1, -0.05) is 42.5 Å². The van der Waals surface area contributed by atoms with Crippen LogP contribution in [0, 0.1) is 0 Å². The van der Waals surface area contributed by atoms with Gasteiger partial charge in [0, 0.05) is 31.7 Å². The number of phenolic OH excluding ortho intramolecular Hbond substituents is 1. The molecule has 2 aromatic rings. The summed E-state index contributed by atoms with van der Waals surface area (Å²) in [6.45, 7) is 7.80. The lowest BCUT2D eigenvalue weighted by atomic mass is 10.2. The summed E-state index contributed by atoms with van der Waals surface area (Å²) in [4.78, 5) is 7.23. The third-order valence-electron chi connectivity index (χ3n) is 4.97. The minimum absolute atomic E-state index is 0.284. The molecular formula is C22H30N4O. The lowest BCUT2D eigenvalue weighted by molar-refractivity contribution is 0.258. The van der Waals surface area contributed by atoms with Crippen LogP contribution in [0.15, 0.2) is 59.6 Å². The van der Waals surface area contributed by atoms with Crippen LogP contribution in [0.2, 0.25) is 0 Å². The van der Waals surface area contributed by atoms with E-state index < -0.39 is 0 Å². The van der Waals surface area contributed by atoms with Crippen molar-refractivity contribution in [3.05, 3.63) is 65.7 Å². The van der Waals surface area contributed by atoms with Crippen molar-refractivity contribution in [3.63, 3.8) is 0 Å². The predicted octanol–water partition coefficient (Wildman–Crippen LogP) is 3.11. The van der Waals surface area contributed by atoms with Crippen molar-refractivity contribution in [2.24, 2.45) is 4.99 Å². The lowest BCUT2D eigenvalue weighted by Crippen LogP contribution is -2.44. The molecule has 3 rings (SSSR count). The third kappa shape index (κ3) is 5.73. The van der Waals surface area contributed by atoms with Crippen molar-refractivity contribution in [2.75, 3.05) is 13.1 Å². The molecule has 3 N–H and O–H groups in total. The Balaban J connectivity index is 1.57. The standard InChI is InChI=1S/C22H30N4O/c1-3-23-22(24-14-18-9-11-21(27)12-10-18)25-20-13-17(2)26(16-20)15-19-7-5-4-6-8-19/h4-12,17,20,27H,3,13-16H2,1-2H3,(H2,23,24,25). The van der Waals surface area contributed by atoms with E-state index in [2.05, 4.69) is 59.7 Å². The smallest absolute Gasteiger partial charge is 0.191 e. The van der Waals surface area contributed by atoms with E-state index in [1.165, 1.54) is 5.56 Å². The van der Waals surface area contributed by atoms with Crippen molar-refractivity contribution in [2.45, 2.75) is 45.4 Å². The average Bonchev–Trinajstić information content (AvgIpc) is 3.01. The van der Waals surface area contributed by atoms with E-state index in [0.717, 1.165) is 37.6 Å². The first-order valence-corrected chi connectivity index (χ1v) is 9.74. The summed E-state index contributed by atoms with van der Waals surface area (Å²) in [5.74, 6) is 1.13. The first-order chi connectivity index (χ1) is 13.1. The Morgan fingerprint density at radius 1 is 1.11 bits per heavy atom. The molecule has 1 heterocycles. The van der Waals surface area contributed by atoms with Crippen LogP contribution in [-0.4, -0.2) is 41.1 Å². The molecule has 1 aliphatic rings. The molecule has 2 unspecified atom stereocenters. The topological polar surface area (TPSA) is 59.9 Å². The number of phenols is 1. The van der Waals surface area contributed by atoms with Gasteiger partial charge in [0.2, 0.25) is 0 Å².